The lowest BCUT2D eigenvalue weighted by Crippen LogP contribution is -2.44. The minimum atomic E-state index is -0.349. The normalized spacial score (nSPS) is 17.6. The van der Waals surface area contributed by atoms with Crippen molar-refractivity contribution in [3.63, 3.8) is 0 Å². The monoisotopic (exact) mass is 222 g/mol. The van der Waals surface area contributed by atoms with Crippen LogP contribution in [0.4, 0.5) is 4.39 Å². The molecule has 0 aromatic heterocycles. The fourth-order valence-electron chi connectivity index (χ4n) is 2.15. The lowest BCUT2D eigenvalue weighted by atomic mass is 10.1. The van der Waals surface area contributed by atoms with E-state index in [1.54, 1.807) is 0 Å². The van der Waals surface area contributed by atoms with Crippen LogP contribution in [0.2, 0.25) is 0 Å². The molecule has 0 aliphatic carbocycles. The summed E-state index contributed by atoms with van der Waals surface area (Å²) >= 11 is 0. The summed E-state index contributed by atoms with van der Waals surface area (Å²) in [4.78, 5) is 2.44. The Balaban J connectivity index is 1.88. The van der Waals surface area contributed by atoms with Gasteiger partial charge in [-0.3, -0.25) is 0 Å². The summed E-state index contributed by atoms with van der Waals surface area (Å²) in [5, 5.41) is 3.33. The maximum atomic E-state index is 12.7. The number of nitrogens with zero attached hydrogens (tertiary/aromatic N) is 1. The maximum absolute atomic E-state index is 12.7. The van der Waals surface area contributed by atoms with Gasteiger partial charge in [0, 0.05) is 32.7 Å². The van der Waals surface area contributed by atoms with Crippen molar-refractivity contribution in [3.8, 4) is 0 Å². The molecule has 3 heteroatoms. The largest absolute Gasteiger partial charge is 0.314 e. The van der Waals surface area contributed by atoms with Crippen molar-refractivity contribution < 1.29 is 4.39 Å². The number of benzene rings is 1. The van der Waals surface area contributed by atoms with Crippen LogP contribution in [0.5, 0.6) is 0 Å². The molecule has 0 saturated carbocycles. The summed E-state index contributed by atoms with van der Waals surface area (Å²) in [5.41, 5.74) is 2.00. The Morgan fingerprint density at radius 1 is 1.12 bits per heavy atom. The van der Waals surface area contributed by atoms with E-state index in [2.05, 4.69) is 10.2 Å². The number of halogens is 1. The van der Waals surface area contributed by atoms with E-state index in [0.29, 0.717) is 0 Å². The molecule has 1 heterocycles. The van der Waals surface area contributed by atoms with E-state index >= 15 is 0 Å². The molecule has 16 heavy (non-hydrogen) atoms. The zero-order valence-corrected chi connectivity index (χ0v) is 9.58. The molecule has 1 aromatic carbocycles. The van der Waals surface area contributed by atoms with Gasteiger partial charge in [-0.05, 0) is 17.5 Å². The van der Waals surface area contributed by atoms with Crippen molar-refractivity contribution in [1.82, 2.24) is 10.2 Å². The number of hydrogen-bond donors (Lipinski definition) is 1. The van der Waals surface area contributed by atoms with Crippen molar-refractivity contribution in [2.75, 3.05) is 32.7 Å². The first-order valence-corrected chi connectivity index (χ1v) is 5.96. The van der Waals surface area contributed by atoms with Gasteiger partial charge in [-0.2, -0.15) is 0 Å². The van der Waals surface area contributed by atoms with E-state index in [1.807, 2.05) is 24.3 Å². The average Bonchev–Trinajstić information content (AvgIpc) is 2.38. The molecule has 1 aliphatic heterocycles. The van der Waals surface area contributed by atoms with Gasteiger partial charge in [-0.25, -0.2) is 4.39 Å². The second kappa shape index (κ2) is 5.97. The van der Waals surface area contributed by atoms with E-state index in [0.717, 1.165) is 50.3 Å². The molecule has 0 atom stereocenters. The standard InChI is InChI=1S/C13H19FN2/c14-11-13-4-2-1-3-12(13)5-8-16-9-6-15-7-10-16/h1-4,15H,5-11H2. The third kappa shape index (κ3) is 3.03. The zero-order valence-electron chi connectivity index (χ0n) is 9.58. The minimum absolute atomic E-state index is 0.349. The highest BCUT2D eigenvalue weighted by molar-refractivity contribution is 5.26. The molecule has 0 radical (unpaired) electrons. The van der Waals surface area contributed by atoms with Gasteiger partial charge in [-0.15, -0.1) is 0 Å². The van der Waals surface area contributed by atoms with Crippen LogP contribution in [-0.4, -0.2) is 37.6 Å². The Hall–Kier alpha value is -0.930. The Bertz CT molecular complexity index is 321. The molecule has 1 aromatic rings. The quantitative estimate of drug-likeness (QED) is 0.832. The molecule has 0 bridgehead atoms. The molecule has 88 valence electrons. The van der Waals surface area contributed by atoms with E-state index in [9.17, 15) is 4.39 Å². The number of rotatable bonds is 4. The Labute approximate surface area is 96.5 Å². The van der Waals surface area contributed by atoms with Crippen molar-refractivity contribution in [2.24, 2.45) is 0 Å². The first-order chi connectivity index (χ1) is 7.90. The molecular formula is C13H19FN2. The van der Waals surface area contributed by atoms with Gasteiger partial charge in [0.05, 0.1) is 0 Å². The lowest BCUT2D eigenvalue weighted by Gasteiger charge is -2.27. The Morgan fingerprint density at radius 2 is 1.81 bits per heavy atom. The SMILES string of the molecule is FCc1ccccc1CCN1CCNCC1. The fourth-order valence-corrected chi connectivity index (χ4v) is 2.15. The number of piperazine rings is 1. The Kier molecular flexibility index (Phi) is 4.31. The molecule has 0 amide bonds. The number of hydrogen-bond acceptors (Lipinski definition) is 2. The van der Waals surface area contributed by atoms with Gasteiger partial charge in [-0.1, -0.05) is 24.3 Å². The van der Waals surface area contributed by atoms with Gasteiger partial charge < -0.3 is 10.2 Å². The molecule has 0 unspecified atom stereocenters. The van der Waals surface area contributed by atoms with Crippen LogP contribution in [0.1, 0.15) is 11.1 Å². The smallest absolute Gasteiger partial charge is 0.115 e. The fraction of sp³-hybridized carbons (Fsp3) is 0.538. The van der Waals surface area contributed by atoms with E-state index in [-0.39, 0.29) is 6.67 Å². The highest BCUT2D eigenvalue weighted by Crippen LogP contribution is 2.11. The summed E-state index contributed by atoms with van der Waals surface area (Å²) in [6.45, 7) is 5.06. The molecule has 2 nitrogen and oxygen atoms in total. The summed E-state index contributed by atoms with van der Waals surface area (Å²) < 4.78 is 12.7. The van der Waals surface area contributed by atoms with Crippen LogP contribution in [0.15, 0.2) is 24.3 Å². The summed E-state index contributed by atoms with van der Waals surface area (Å²) in [6, 6.07) is 7.82. The summed E-state index contributed by atoms with van der Waals surface area (Å²) in [5.74, 6) is 0. The average molecular weight is 222 g/mol. The molecule has 1 saturated heterocycles. The van der Waals surface area contributed by atoms with E-state index < -0.39 is 0 Å². The minimum Gasteiger partial charge on any atom is -0.314 e. The first kappa shape index (κ1) is 11.6. The van der Waals surface area contributed by atoms with Crippen LogP contribution in [0, 0.1) is 0 Å². The van der Waals surface area contributed by atoms with Crippen LogP contribution in [0.25, 0.3) is 0 Å². The van der Waals surface area contributed by atoms with Crippen molar-refractivity contribution in [3.05, 3.63) is 35.4 Å². The van der Waals surface area contributed by atoms with Gasteiger partial charge in [0.2, 0.25) is 0 Å². The number of nitrogens with one attached hydrogen (secondary N) is 1. The maximum Gasteiger partial charge on any atom is 0.115 e. The predicted octanol–water partition coefficient (Wildman–Crippen LogP) is 1.60. The molecule has 1 fully saturated rings. The molecule has 2 rings (SSSR count). The van der Waals surface area contributed by atoms with Crippen molar-refractivity contribution >= 4 is 0 Å². The first-order valence-electron chi connectivity index (χ1n) is 5.96. The highest BCUT2D eigenvalue weighted by atomic mass is 19.1. The summed E-state index contributed by atoms with van der Waals surface area (Å²) in [7, 11) is 0. The van der Waals surface area contributed by atoms with Crippen LogP contribution in [0.3, 0.4) is 0 Å². The van der Waals surface area contributed by atoms with E-state index in [1.165, 1.54) is 0 Å². The Morgan fingerprint density at radius 3 is 2.50 bits per heavy atom. The second-order valence-corrected chi connectivity index (χ2v) is 4.24. The van der Waals surface area contributed by atoms with Crippen molar-refractivity contribution in [2.45, 2.75) is 13.1 Å². The predicted molar refractivity (Wildman–Crippen MR) is 64.3 cm³/mol. The molecule has 0 spiro atoms. The van der Waals surface area contributed by atoms with Crippen LogP contribution < -0.4 is 5.32 Å². The summed E-state index contributed by atoms with van der Waals surface area (Å²) in [6.07, 6.45) is 0.958. The number of alkyl halides is 1. The third-order valence-electron chi connectivity index (χ3n) is 3.17. The van der Waals surface area contributed by atoms with Crippen LogP contribution >= 0.6 is 0 Å². The van der Waals surface area contributed by atoms with Crippen molar-refractivity contribution in [1.29, 1.82) is 0 Å². The van der Waals surface area contributed by atoms with Gasteiger partial charge in [0.15, 0.2) is 0 Å². The van der Waals surface area contributed by atoms with Gasteiger partial charge in [0.1, 0.15) is 6.67 Å². The van der Waals surface area contributed by atoms with Crippen LogP contribution in [-0.2, 0) is 13.1 Å². The molecule has 1 N–H and O–H groups in total. The molecular weight excluding hydrogens is 203 g/mol. The highest BCUT2D eigenvalue weighted by Gasteiger charge is 2.09. The van der Waals surface area contributed by atoms with Gasteiger partial charge in [0.25, 0.3) is 0 Å². The van der Waals surface area contributed by atoms with Gasteiger partial charge >= 0.3 is 0 Å². The lowest BCUT2D eigenvalue weighted by molar-refractivity contribution is 0.243. The zero-order chi connectivity index (χ0) is 11.2. The third-order valence-corrected chi connectivity index (χ3v) is 3.17. The van der Waals surface area contributed by atoms with E-state index in [4.69, 9.17) is 0 Å². The topological polar surface area (TPSA) is 15.3 Å². The second-order valence-electron chi connectivity index (χ2n) is 4.24. The molecule has 1 aliphatic rings.